The Labute approximate surface area is 117 Å². The summed E-state index contributed by atoms with van der Waals surface area (Å²) in [6.45, 7) is 0. The van der Waals surface area contributed by atoms with E-state index in [1.165, 1.54) is 0 Å². The largest absolute Gasteiger partial charge is 0.481 e. The summed E-state index contributed by atoms with van der Waals surface area (Å²) in [7, 11) is 0. The molecule has 4 heteroatoms. The lowest BCUT2D eigenvalue weighted by Gasteiger charge is -2.13. The van der Waals surface area contributed by atoms with Crippen molar-refractivity contribution in [2.45, 2.75) is 31.1 Å². The number of benzene rings is 1. The van der Waals surface area contributed by atoms with Crippen LogP contribution in [0.1, 0.15) is 31.2 Å². The van der Waals surface area contributed by atoms with Crippen LogP contribution in [0.3, 0.4) is 0 Å². The second-order valence-electron chi connectivity index (χ2n) is 5.59. The average Bonchev–Trinajstić information content (AvgIpc) is 3.07. The van der Waals surface area contributed by atoms with Crippen molar-refractivity contribution in [1.29, 1.82) is 0 Å². The maximum absolute atomic E-state index is 12.0. The third kappa shape index (κ3) is 2.22. The van der Waals surface area contributed by atoms with E-state index in [9.17, 15) is 14.7 Å². The number of nitrogens with one attached hydrogen (secondary N) is 1. The monoisotopic (exact) mass is 271 g/mol. The number of carboxylic acids is 1. The van der Waals surface area contributed by atoms with Gasteiger partial charge in [0.15, 0.2) is 0 Å². The molecule has 1 amide bonds. The molecule has 1 fully saturated rings. The van der Waals surface area contributed by atoms with E-state index in [0.29, 0.717) is 12.8 Å². The van der Waals surface area contributed by atoms with Gasteiger partial charge in [0.05, 0.1) is 5.41 Å². The molecule has 1 aromatic carbocycles. The lowest BCUT2D eigenvalue weighted by Crippen LogP contribution is -2.21. The molecule has 3 rings (SSSR count). The van der Waals surface area contributed by atoms with Crippen LogP contribution in [0.5, 0.6) is 0 Å². The number of rotatable bonds is 4. The Bertz CT molecular complexity index is 562. The zero-order valence-electron chi connectivity index (χ0n) is 11.1. The second kappa shape index (κ2) is 4.78. The van der Waals surface area contributed by atoms with E-state index in [-0.39, 0.29) is 11.8 Å². The van der Waals surface area contributed by atoms with Crippen molar-refractivity contribution in [2.75, 3.05) is 5.32 Å². The van der Waals surface area contributed by atoms with Crippen LogP contribution in [-0.2, 0) is 15.0 Å². The van der Waals surface area contributed by atoms with Crippen molar-refractivity contribution in [1.82, 2.24) is 0 Å². The van der Waals surface area contributed by atoms with Crippen molar-refractivity contribution >= 4 is 17.6 Å². The molecule has 4 nitrogen and oxygen atoms in total. The summed E-state index contributed by atoms with van der Waals surface area (Å²) in [5.41, 5.74) is 0.870. The fraction of sp³-hybridized carbons (Fsp3) is 0.375. The number of carboxylic acid groups (broad SMARTS) is 1. The first-order valence-electron chi connectivity index (χ1n) is 6.92. The summed E-state index contributed by atoms with van der Waals surface area (Å²) in [5, 5.41) is 12.1. The van der Waals surface area contributed by atoms with Gasteiger partial charge < -0.3 is 10.4 Å². The molecule has 0 atom stereocenters. The fourth-order valence-electron chi connectivity index (χ4n) is 2.70. The molecule has 0 radical (unpaired) electrons. The smallest absolute Gasteiger partial charge is 0.314 e. The molecule has 0 heterocycles. The van der Waals surface area contributed by atoms with Crippen LogP contribution in [0.15, 0.2) is 36.4 Å². The zero-order chi connectivity index (χ0) is 14.2. The van der Waals surface area contributed by atoms with Crippen LogP contribution >= 0.6 is 0 Å². The van der Waals surface area contributed by atoms with E-state index in [1.807, 2.05) is 24.3 Å². The molecule has 1 aromatic rings. The van der Waals surface area contributed by atoms with Gasteiger partial charge in [-0.3, -0.25) is 9.59 Å². The maximum Gasteiger partial charge on any atom is 0.314 e. The highest BCUT2D eigenvalue weighted by molar-refractivity contribution is 5.93. The van der Waals surface area contributed by atoms with Crippen LogP contribution in [-0.4, -0.2) is 17.0 Å². The lowest BCUT2D eigenvalue weighted by atomic mass is 9.96. The van der Waals surface area contributed by atoms with Crippen molar-refractivity contribution in [3.8, 4) is 0 Å². The molecule has 2 aliphatic carbocycles. The van der Waals surface area contributed by atoms with Gasteiger partial charge in [-0.2, -0.15) is 0 Å². The van der Waals surface area contributed by atoms with Crippen molar-refractivity contribution in [3.63, 3.8) is 0 Å². The van der Waals surface area contributed by atoms with E-state index >= 15 is 0 Å². The van der Waals surface area contributed by atoms with Crippen LogP contribution in [0, 0.1) is 5.92 Å². The topological polar surface area (TPSA) is 66.4 Å². The maximum atomic E-state index is 12.0. The van der Waals surface area contributed by atoms with E-state index in [2.05, 4.69) is 5.32 Å². The van der Waals surface area contributed by atoms with E-state index in [1.54, 1.807) is 12.1 Å². The van der Waals surface area contributed by atoms with E-state index in [0.717, 1.165) is 24.1 Å². The van der Waals surface area contributed by atoms with Gasteiger partial charge in [0.25, 0.3) is 0 Å². The van der Waals surface area contributed by atoms with Gasteiger partial charge in [0.1, 0.15) is 0 Å². The van der Waals surface area contributed by atoms with Gasteiger partial charge >= 0.3 is 5.97 Å². The van der Waals surface area contributed by atoms with Crippen LogP contribution in [0.25, 0.3) is 0 Å². The minimum atomic E-state index is -0.758. The molecular formula is C16H17NO3. The number of allylic oxidation sites excluding steroid dienone is 2. The van der Waals surface area contributed by atoms with Crippen molar-refractivity contribution in [2.24, 2.45) is 5.92 Å². The summed E-state index contributed by atoms with van der Waals surface area (Å²) >= 11 is 0. The van der Waals surface area contributed by atoms with Crippen LogP contribution in [0.2, 0.25) is 0 Å². The molecule has 0 aromatic heterocycles. The average molecular weight is 271 g/mol. The molecule has 0 saturated heterocycles. The Balaban J connectivity index is 1.67. The first kappa shape index (κ1) is 12.9. The van der Waals surface area contributed by atoms with Gasteiger partial charge in [0, 0.05) is 11.6 Å². The van der Waals surface area contributed by atoms with Crippen molar-refractivity contribution in [3.05, 3.63) is 42.0 Å². The third-order valence-electron chi connectivity index (χ3n) is 4.24. The quantitative estimate of drug-likeness (QED) is 0.827. The predicted molar refractivity (Wildman–Crippen MR) is 75.5 cm³/mol. The molecule has 1 saturated carbocycles. The van der Waals surface area contributed by atoms with E-state index < -0.39 is 11.4 Å². The summed E-state index contributed by atoms with van der Waals surface area (Å²) in [5.74, 6) is -0.697. The minimum Gasteiger partial charge on any atom is -0.481 e. The normalized spacial score (nSPS) is 19.8. The van der Waals surface area contributed by atoms with Gasteiger partial charge in [-0.05, 0) is 43.4 Å². The van der Waals surface area contributed by atoms with Gasteiger partial charge in [-0.15, -0.1) is 0 Å². The molecule has 0 spiro atoms. The zero-order valence-corrected chi connectivity index (χ0v) is 11.1. The first-order valence-corrected chi connectivity index (χ1v) is 6.92. The van der Waals surface area contributed by atoms with Crippen LogP contribution in [0.4, 0.5) is 5.69 Å². The fourth-order valence-corrected chi connectivity index (χ4v) is 2.70. The Morgan fingerprint density at radius 3 is 2.20 bits per heavy atom. The minimum absolute atomic E-state index is 0.0297. The standard InChI is InChI=1S/C16H17NO3/c18-14(11-3-1-2-4-11)17-13-7-5-12(6-8-13)16(9-10-16)15(19)20/h1-2,5-8,11H,3-4,9-10H2,(H,17,18)(H,19,20). The highest BCUT2D eigenvalue weighted by atomic mass is 16.4. The molecule has 104 valence electrons. The molecule has 0 bridgehead atoms. The molecule has 2 aliphatic rings. The second-order valence-corrected chi connectivity index (χ2v) is 5.59. The van der Waals surface area contributed by atoms with Gasteiger partial charge in [-0.25, -0.2) is 0 Å². The number of amides is 1. The number of anilines is 1. The first-order chi connectivity index (χ1) is 9.62. The lowest BCUT2D eigenvalue weighted by molar-refractivity contribution is -0.140. The summed E-state index contributed by atoms with van der Waals surface area (Å²) < 4.78 is 0. The molecular weight excluding hydrogens is 254 g/mol. The summed E-state index contributed by atoms with van der Waals surface area (Å²) in [6, 6.07) is 7.20. The summed E-state index contributed by atoms with van der Waals surface area (Å²) in [6.07, 6.45) is 7.04. The number of hydrogen-bond donors (Lipinski definition) is 2. The van der Waals surface area contributed by atoms with Gasteiger partial charge in [0.2, 0.25) is 5.91 Å². The number of aliphatic carboxylic acids is 1. The number of hydrogen-bond acceptors (Lipinski definition) is 2. The van der Waals surface area contributed by atoms with Crippen LogP contribution < -0.4 is 5.32 Å². The molecule has 20 heavy (non-hydrogen) atoms. The molecule has 0 unspecified atom stereocenters. The summed E-state index contributed by atoms with van der Waals surface area (Å²) in [4.78, 5) is 23.2. The van der Waals surface area contributed by atoms with Crippen molar-refractivity contribution < 1.29 is 14.7 Å². The SMILES string of the molecule is O=C(Nc1ccc(C2(C(=O)O)CC2)cc1)C1CC=CC1. The Hall–Kier alpha value is -2.10. The molecule has 0 aliphatic heterocycles. The Kier molecular flexibility index (Phi) is 3.08. The third-order valence-corrected chi connectivity index (χ3v) is 4.24. The van der Waals surface area contributed by atoms with E-state index in [4.69, 9.17) is 0 Å². The van der Waals surface area contributed by atoms with Gasteiger partial charge in [-0.1, -0.05) is 24.3 Å². The Morgan fingerprint density at radius 1 is 1.10 bits per heavy atom. The highest BCUT2D eigenvalue weighted by Crippen LogP contribution is 2.48. The predicted octanol–water partition coefficient (Wildman–Crippen LogP) is 2.71. The number of carbonyl (C=O) groups excluding carboxylic acids is 1. The highest BCUT2D eigenvalue weighted by Gasteiger charge is 2.51. The number of carbonyl (C=O) groups is 2. The molecule has 2 N–H and O–H groups in total. The Morgan fingerprint density at radius 2 is 1.70 bits per heavy atom.